The van der Waals surface area contributed by atoms with Gasteiger partial charge in [0, 0.05) is 0 Å². The third-order valence-corrected chi connectivity index (χ3v) is 2.10. The molecule has 0 amide bonds. The van der Waals surface area contributed by atoms with E-state index in [1.807, 2.05) is 0 Å². The van der Waals surface area contributed by atoms with Crippen molar-refractivity contribution >= 4 is 5.97 Å². The third-order valence-electron chi connectivity index (χ3n) is 2.10. The van der Waals surface area contributed by atoms with Gasteiger partial charge in [-0.25, -0.2) is 9.78 Å². The largest absolute Gasteiger partial charge is 0.476 e. The van der Waals surface area contributed by atoms with Gasteiger partial charge in [-0.1, -0.05) is 0 Å². The number of hydrogen-bond donors (Lipinski definition) is 2. The quantitative estimate of drug-likeness (QED) is 0.707. The molecule has 0 bridgehead atoms. The first kappa shape index (κ1) is 8.25. The lowest BCUT2D eigenvalue weighted by Crippen LogP contribution is -2.13. The zero-order valence-corrected chi connectivity index (χ0v) is 6.99. The van der Waals surface area contributed by atoms with Crippen LogP contribution in [0, 0.1) is 0 Å². The van der Waals surface area contributed by atoms with Gasteiger partial charge in [0.15, 0.2) is 5.69 Å². The van der Waals surface area contributed by atoms with Crippen molar-refractivity contribution in [1.82, 2.24) is 10.3 Å². The Morgan fingerprint density at radius 1 is 1.77 bits per heavy atom. The van der Waals surface area contributed by atoms with E-state index in [2.05, 4.69) is 10.3 Å². The summed E-state index contributed by atoms with van der Waals surface area (Å²) in [4.78, 5) is 14.3. The Morgan fingerprint density at radius 3 is 3.15 bits per heavy atom. The van der Waals surface area contributed by atoms with Crippen molar-refractivity contribution in [1.29, 1.82) is 0 Å². The molecule has 1 atom stereocenters. The summed E-state index contributed by atoms with van der Waals surface area (Å²) >= 11 is 0. The lowest BCUT2D eigenvalue weighted by molar-refractivity contribution is 0.0690. The minimum Gasteiger partial charge on any atom is -0.476 e. The average molecular weight is 182 g/mol. The number of nitrogens with zero attached hydrogens (tertiary/aromatic N) is 1. The Morgan fingerprint density at radius 2 is 2.62 bits per heavy atom. The van der Waals surface area contributed by atoms with Crippen molar-refractivity contribution in [3.63, 3.8) is 0 Å². The predicted molar refractivity (Wildman–Crippen MR) is 43.4 cm³/mol. The monoisotopic (exact) mass is 182 g/mol. The normalized spacial score (nSPS) is 22.0. The van der Waals surface area contributed by atoms with Gasteiger partial charge in [0.2, 0.25) is 5.89 Å². The molecule has 13 heavy (non-hydrogen) atoms. The molecule has 1 saturated heterocycles. The predicted octanol–water partition coefficient (Wildman–Crippen LogP) is 0.797. The molecule has 0 radical (unpaired) electrons. The van der Waals surface area contributed by atoms with Crippen LogP contribution in [0.3, 0.4) is 0 Å². The first-order valence-corrected chi connectivity index (χ1v) is 4.19. The summed E-state index contributed by atoms with van der Waals surface area (Å²) in [6.07, 6.45) is 3.21. The maximum Gasteiger partial charge on any atom is 0.357 e. The molecule has 2 N–H and O–H groups in total. The van der Waals surface area contributed by atoms with Crippen molar-refractivity contribution in [3.05, 3.63) is 17.8 Å². The molecule has 5 nitrogen and oxygen atoms in total. The molecule has 0 unspecified atom stereocenters. The topological polar surface area (TPSA) is 75.4 Å². The highest BCUT2D eigenvalue weighted by atomic mass is 16.4. The van der Waals surface area contributed by atoms with Crippen molar-refractivity contribution in [3.8, 4) is 0 Å². The summed E-state index contributed by atoms with van der Waals surface area (Å²) in [5, 5.41) is 11.8. The van der Waals surface area contributed by atoms with Gasteiger partial charge < -0.3 is 14.8 Å². The molecule has 5 heteroatoms. The first-order chi connectivity index (χ1) is 6.27. The number of carboxylic acids is 1. The Kier molecular flexibility index (Phi) is 2.02. The van der Waals surface area contributed by atoms with Gasteiger partial charge in [-0.15, -0.1) is 0 Å². The summed E-state index contributed by atoms with van der Waals surface area (Å²) < 4.78 is 5.06. The van der Waals surface area contributed by atoms with E-state index in [9.17, 15) is 4.79 Å². The minimum absolute atomic E-state index is 0.0244. The van der Waals surface area contributed by atoms with E-state index in [0.29, 0.717) is 5.89 Å². The highest BCUT2D eigenvalue weighted by molar-refractivity contribution is 5.84. The van der Waals surface area contributed by atoms with E-state index in [1.54, 1.807) is 0 Å². The van der Waals surface area contributed by atoms with E-state index in [-0.39, 0.29) is 11.7 Å². The van der Waals surface area contributed by atoms with E-state index in [0.717, 1.165) is 19.4 Å². The lowest BCUT2D eigenvalue weighted by Gasteiger charge is -2.02. The fraction of sp³-hybridized carbons (Fsp3) is 0.500. The van der Waals surface area contributed by atoms with Crippen LogP contribution in [-0.2, 0) is 0 Å². The summed E-state index contributed by atoms with van der Waals surface area (Å²) in [6.45, 7) is 0.940. The summed E-state index contributed by atoms with van der Waals surface area (Å²) in [7, 11) is 0. The van der Waals surface area contributed by atoms with Gasteiger partial charge in [0.05, 0.1) is 6.04 Å². The molecule has 0 saturated carbocycles. The van der Waals surface area contributed by atoms with Gasteiger partial charge in [0.1, 0.15) is 6.26 Å². The number of rotatable bonds is 2. The maximum atomic E-state index is 10.5. The second-order valence-electron chi connectivity index (χ2n) is 3.03. The van der Waals surface area contributed by atoms with Crippen LogP contribution in [0.1, 0.15) is 35.3 Å². The third kappa shape index (κ3) is 1.55. The van der Waals surface area contributed by atoms with Crippen LogP contribution < -0.4 is 5.32 Å². The van der Waals surface area contributed by atoms with E-state index < -0.39 is 5.97 Å². The number of carboxylic acid groups (broad SMARTS) is 1. The summed E-state index contributed by atoms with van der Waals surface area (Å²) in [5.41, 5.74) is -0.0244. The Hall–Kier alpha value is -1.36. The molecule has 1 aliphatic rings. The maximum absolute atomic E-state index is 10.5. The van der Waals surface area contributed by atoms with Gasteiger partial charge >= 0.3 is 5.97 Å². The number of carbonyl (C=O) groups is 1. The molecule has 0 spiro atoms. The molecular formula is C8H10N2O3. The molecule has 70 valence electrons. The average Bonchev–Trinajstić information content (AvgIpc) is 2.75. The number of aromatic carboxylic acids is 1. The molecule has 2 heterocycles. The molecule has 1 aliphatic heterocycles. The van der Waals surface area contributed by atoms with Crippen LogP contribution >= 0.6 is 0 Å². The van der Waals surface area contributed by atoms with Crippen LogP contribution in [-0.4, -0.2) is 22.6 Å². The lowest BCUT2D eigenvalue weighted by atomic mass is 10.2. The van der Waals surface area contributed by atoms with Crippen molar-refractivity contribution in [2.45, 2.75) is 18.9 Å². The molecule has 2 rings (SSSR count). The minimum atomic E-state index is -1.05. The number of hydrogen-bond acceptors (Lipinski definition) is 4. The molecular weight excluding hydrogens is 172 g/mol. The fourth-order valence-electron chi connectivity index (χ4n) is 1.44. The van der Waals surface area contributed by atoms with Gasteiger partial charge in [-0.2, -0.15) is 0 Å². The highest BCUT2D eigenvalue weighted by Crippen LogP contribution is 2.21. The highest BCUT2D eigenvalue weighted by Gasteiger charge is 2.22. The molecule has 1 aromatic rings. The van der Waals surface area contributed by atoms with Crippen LogP contribution in [0.5, 0.6) is 0 Å². The van der Waals surface area contributed by atoms with E-state index in [1.165, 1.54) is 6.26 Å². The zero-order chi connectivity index (χ0) is 9.26. The van der Waals surface area contributed by atoms with Crippen molar-refractivity contribution < 1.29 is 14.3 Å². The van der Waals surface area contributed by atoms with Gasteiger partial charge in [0.25, 0.3) is 0 Å². The number of aromatic nitrogens is 1. The Labute approximate surface area is 74.8 Å². The number of oxazole rings is 1. The number of nitrogens with one attached hydrogen (secondary N) is 1. The van der Waals surface area contributed by atoms with Crippen LogP contribution in [0.4, 0.5) is 0 Å². The van der Waals surface area contributed by atoms with E-state index in [4.69, 9.17) is 9.52 Å². The van der Waals surface area contributed by atoms with Crippen LogP contribution in [0.25, 0.3) is 0 Å². The molecule has 0 aliphatic carbocycles. The Bertz CT molecular complexity index is 315. The summed E-state index contributed by atoms with van der Waals surface area (Å²) in [5.74, 6) is -0.567. The standard InChI is InChI=1S/C8H10N2O3/c11-8(12)6-4-13-7(10-6)5-2-1-3-9-5/h4-5,9H,1-3H2,(H,11,12)/t5-/m0/s1. The van der Waals surface area contributed by atoms with Crippen molar-refractivity contribution in [2.75, 3.05) is 6.54 Å². The second kappa shape index (κ2) is 3.18. The zero-order valence-electron chi connectivity index (χ0n) is 6.99. The molecule has 0 aromatic carbocycles. The fourth-order valence-corrected chi connectivity index (χ4v) is 1.44. The Balaban J connectivity index is 2.16. The SMILES string of the molecule is O=C(O)c1coc([C@@H]2CCCN2)n1. The second-order valence-corrected chi connectivity index (χ2v) is 3.03. The van der Waals surface area contributed by atoms with Gasteiger partial charge in [-0.05, 0) is 19.4 Å². The molecule has 1 aromatic heterocycles. The first-order valence-electron chi connectivity index (χ1n) is 4.19. The van der Waals surface area contributed by atoms with E-state index >= 15 is 0 Å². The molecule has 1 fully saturated rings. The van der Waals surface area contributed by atoms with Crippen LogP contribution in [0.2, 0.25) is 0 Å². The van der Waals surface area contributed by atoms with Crippen molar-refractivity contribution in [2.24, 2.45) is 0 Å². The summed E-state index contributed by atoms with van der Waals surface area (Å²) in [6, 6.07) is 0.0908. The van der Waals surface area contributed by atoms with Gasteiger partial charge in [-0.3, -0.25) is 0 Å². The smallest absolute Gasteiger partial charge is 0.357 e. The van der Waals surface area contributed by atoms with Crippen LogP contribution in [0.15, 0.2) is 10.7 Å².